The molecule has 0 radical (unpaired) electrons. The van der Waals surface area contributed by atoms with E-state index in [-0.39, 0.29) is 4.90 Å². The monoisotopic (exact) mass is 294 g/mol. The second-order valence-corrected chi connectivity index (χ2v) is 8.22. The lowest BCUT2D eigenvalue weighted by atomic mass is 10.1. The SMILES string of the molecule is CCCC1=Cc2c(C)cccc2S1(Cl)C(F)(F)F. The van der Waals surface area contributed by atoms with Crippen LogP contribution in [0.1, 0.15) is 30.9 Å². The molecule has 1 aromatic rings. The molecule has 1 atom stereocenters. The van der Waals surface area contributed by atoms with E-state index in [9.17, 15) is 13.2 Å². The first kappa shape index (κ1) is 13.8. The first-order valence-corrected chi connectivity index (χ1v) is 8.17. The van der Waals surface area contributed by atoms with E-state index in [0.717, 1.165) is 5.56 Å². The Hall–Kier alpha value is -0.610. The lowest BCUT2D eigenvalue weighted by Gasteiger charge is -2.34. The van der Waals surface area contributed by atoms with E-state index in [1.807, 2.05) is 19.9 Å². The zero-order chi connectivity index (χ0) is 13.6. The highest BCUT2D eigenvalue weighted by Crippen LogP contribution is 2.80. The normalized spacial score (nSPS) is 26.4. The van der Waals surface area contributed by atoms with Gasteiger partial charge in [0.1, 0.15) is 0 Å². The Kier molecular flexibility index (Phi) is 3.45. The second-order valence-electron chi connectivity index (χ2n) is 4.33. The van der Waals surface area contributed by atoms with E-state index in [4.69, 9.17) is 10.7 Å². The summed E-state index contributed by atoms with van der Waals surface area (Å²) in [6.07, 6.45) is 2.70. The molecule has 0 nitrogen and oxygen atoms in total. The molecule has 5 heteroatoms. The molecule has 1 heterocycles. The molecule has 0 saturated carbocycles. The molecule has 0 fully saturated rings. The Morgan fingerprint density at radius 3 is 2.50 bits per heavy atom. The van der Waals surface area contributed by atoms with Gasteiger partial charge in [-0.15, -0.1) is 0 Å². The van der Waals surface area contributed by atoms with Crippen LogP contribution in [0.25, 0.3) is 6.08 Å². The van der Waals surface area contributed by atoms with Gasteiger partial charge in [-0.3, -0.25) is 0 Å². The van der Waals surface area contributed by atoms with Gasteiger partial charge in [0.25, 0.3) is 0 Å². The molecule has 2 rings (SSSR count). The summed E-state index contributed by atoms with van der Waals surface area (Å²) >= 11 is 0. The molecule has 1 aliphatic rings. The van der Waals surface area contributed by atoms with Gasteiger partial charge < -0.3 is 0 Å². The number of allylic oxidation sites excluding steroid dienone is 1. The molecule has 0 amide bonds. The highest BCUT2D eigenvalue weighted by Gasteiger charge is 2.55. The van der Waals surface area contributed by atoms with Crippen LogP contribution in [0, 0.1) is 6.92 Å². The molecule has 1 aromatic carbocycles. The molecular weight excluding hydrogens is 281 g/mol. The van der Waals surface area contributed by atoms with Crippen LogP contribution in [0.4, 0.5) is 13.2 Å². The fraction of sp³-hybridized carbons (Fsp3) is 0.385. The summed E-state index contributed by atoms with van der Waals surface area (Å²) in [6.45, 7) is 3.68. The maximum Gasteiger partial charge on any atom is 0.445 e. The maximum absolute atomic E-state index is 13.4. The quantitative estimate of drug-likeness (QED) is 0.629. The van der Waals surface area contributed by atoms with E-state index < -0.39 is 14.7 Å². The largest absolute Gasteiger partial charge is 0.445 e. The van der Waals surface area contributed by atoms with Crippen molar-refractivity contribution in [2.45, 2.75) is 37.1 Å². The number of rotatable bonds is 2. The summed E-state index contributed by atoms with van der Waals surface area (Å²) in [5.41, 5.74) is -2.89. The van der Waals surface area contributed by atoms with Crippen molar-refractivity contribution in [1.82, 2.24) is 0 Å². The van der Waals surface area contributed by atoms with Gasteiger partial charge in [-0.2, -0.15) is 13.2 Å². The van der Waals surface area contributed by atoms with Gasteiger partial charge in [0.2, 0.25) is 0 Å². The maximum atomic E-state index is 13.4. The summed E-state index contributed by atoms with van der Waals surface area (Å²) in [5, 5.41) is 0. The number of hydrogen-bond donors (Lipinski definition) is 0. The van der Waals surface area contributed by atoms with Crippen molar-refractivity contribution in [3.8, 4) is 0 Å². The van der Waals surface area contributed by atoms with Crippen molar-refractivity contribution in [2.75, 3.05) is 0 Å². The van der Waals surface area contributed by atoms with Crippen LogP contribution in [0.15, 0.2) is 28.0 Å². The van der Waals surface area contributed by atoms with E-state index in [1.165, 1.54) is 6.07 Å². The van der Waals surface area contributed by atoms with Gasteiger partial charge >= 0.3 is 5.51 Å². The Morgan fingerprint density at radius 2 is 1.94 bits per heavy atom. The Labute approximate surface area is 111 Å². The minimum absolute atomic E-state index is 0.250. The summed E-state index contributed by atoms with van der Waals surface area (Å²) < 4.78 is 40.2. The molecule has 1 unspecified atom stereocenters. The Bertz CT molecular complexity index is 507. The number of fused-ring (bicyclic) bond motifs is 1. The molecular formula is C13H14ClF3S. The predicted molar refractivity (Wildman–Crippen MR) is 71.8 cm³/mol. The van der Waals surface area contributed by atoms with Crippen molar-refractivity contribution < 1.29 is 13.2 Å². The number of aryl methyl sites for hydroxylation is 1. The zero-order valence-corrected chi connectivity index (χ0v) is 11.7. The molecule has 0 aliphatic carbocycles. The smallest absolute Gasteiger partial charge is 0.160 e. The summed E-state index contributed by atoms with van der Waals surface area (Å²) in [6, 6.07) is 4.97. The van der Waals surface area contributed by atoms with Crippen molar-refractivity contribution in [3.63, 3.8) is 0 Å². The molecule has 0 bridgehead atoms. The molecule has 0 aromatic heterocycles. The Balaban J connectivity index is 2.66. The average molecular weight is 295 g/mol. The summed E-state index contributed by atoms with van der Waals surface area (Å²) in [4.78, 5) is 0.587. The molecule has 0 spiro atoms. The first-order chi connectivity index (χ1) is 8.32. The second kappa shape index (κ2) is 4.49. The lowest BCUT2D eigenvalue weighted by Crippen LogP contribution is -2.16. The molecule has 1 aliphatic heterocycles. The number of alkyl halides is 3. The predicted octanol–water partition coefficient (Wildman–Crippen LogP) is 5.99. The van der Waals surface area contributed by atoms with Crippen LogP contribution in [-0.4, -0.2) is 5.51 Å². The lowest BCUT2D eigenvalue weighted by molar-refractivity contribution is -0.0359. The van der Waals surface area contributed by atoms with Gasteiger partial charge in [-0.25, -0.2) is 0 Å². The van der Waals surface area contributed by atoms with E-state index in [0.29, 0.717) is 23.3 Å². The molecule has 0 saturated heterocycles. The van der Waals surface area contributed by atoms with E-state index in [2.05, 4.69) is 0 Å². The third-order valence-corrected chi connectivity index (χ3v) is 7.33. The fourth-order valence-corrected chi connectivity index (χ4v) is 5.35. The van der Waals surface area contributed by atoms with Gasteiger partial charge in [0.05, 0.1) is 0 Å². The van der Waals surface area contributed by atoms with Gasteiger partial charge in [-0.1, -0.05) is 25.5 Å². The first-order valence-electron chi connectivity index (χ1n) is 5.72. The van der Waals surface area contributed by atoms with E-state index in [1.54, 1.807) is 12.1 Å². The van der Waals surface area contributed by atoms with Crippen LogP contribution in [0.2, 0.25) is 0 Å². The van der Waals surface area contributed by atoms with Crippen molar-refractivity contribution >= 4 is 26.0 Å². The number of benzene rings is 1. The fourth-order valence-electron chi connectivity index (χ4n) is 2.20. The zero-order valence-electron chi connectivity index (χ0n) is 10.1. The third-order valence-electron chi connectivity index (χ3n) is 3.07. The molecule has 100 valence electrons. The average Bonchev–Trinajstić information content (AvgIpc) is 2.56. The van der Waals surface area contributed by atoms with Crippen LogP contribution in [0.5, 0.6) is 0 Å². The van der Waals surface area contributed by atoms with E-state index >= 15 is 0 Å². The van der Waals surface area contributed by atoms with Crippen LogP contribution >= 0.6 is 19.9 Å². The van der Waals surface area contributed by atoms with Crippen LogP contribution < -0.4 is 0 Å². The minimum atomic E-state index is -4.39. The van der Waals surface area contributed by atoms with Gasteiger partial charge in [0, 0.05) is 4.90 Å². The molecule has 0 N–H and O–H groups in total. The van der Waals surface area contributed by atoms with Crippen LogP contribution in [0.3, 0.4) is 0 Å². The summed E-state index contributed by atoms with van der Waals surface area (Å²) in [5.74, 6) is 0. The van der Waals surface area contributed by atoms with Crippen molar-refractivity contribution in [2.24, 2.45) is 0 Å². The molecule has 18 heavy (non-hydrogen) atoms. The third kappa shape index (κ3) is 1.86. The van der Waals surface area contributed by atoms with Crippen molar-refractivity contribution in [3.05, 3.63) is 34.2 Å². The van der Waals surface area contributed by atoms with Gasteiger partial charge in [0.15, 0.2) is 0 Å². The highest BCUT2D eigenvalue weighted by molar-refractivity contribution is 8.54. The summed E-state index contributed by atoms with van der Waals surface area (Å²) in [7, 11) is 2.71. The topological polar surface area (TPSA) is 0 Å². The van der Waals surface area contributed by atoms with Gasteiger partial charge in [-0.05, 0) is 61.4 Å². The standard InChI is InChI=1S/C13H14ClF3S/c1-3-5-10-8-11-9(2)6-4-7-12(11)18(10,14)13(15,16)17/h4,6-8H,3,5H2,1-2H3. The number of halogens is 4. The van der Waals surface area contributed by atoms with Crippen LogP contribution in [-0.2, 0) is 0 Å². The number of hydrogen-bond acceptors (Lipinski definition) is 0. The Morgan fingerprint density at radius 1 is 1.28 bits per heavy atom. The minimum Gasteiger partial charge on any atom is -0.160 e. The van der Waals surface area contributed by atoms with Crippen molar-refractivity contribution in [1.29, 1.82) is 0 Å². The highest BCUT2D eigenvalue weighted by atomic mass is 35.7.